The van der Waals surface area contributed by atoms with Gasteiger partial charge in [0.05, 0.1) is 0 Å². The molecule has 2 aliphatic rings. The first-order valence-electron chi connectivity index (χ1n) is 8.74. The van der Waals surface area contributed by atoms with Crippen molar-refractivity contribution >= 4 is 11.7 Å². The molecule has 4 rings (SSSR count). The molecule has 1 aliphatic carbocycles. The van der Waals surface area contributed by atoms with Crippen LogP contribution in [0.15, 0.2) is 41.6 Å². The summed E-state index contributed by atoms with van der Waals surface area (Å²) in [5.41, 5.74) is 9.44. The molecule has 1 aromatic heterocycles. The van der Waals surface area contributed by atoms with E-state index < -0.39 is 0 Å². The van der Waals surface area contributed by atoms with Gasteiger partial charge >= 0.3 is 0 Å². The van der Waals surface area contributed by atoms with E-state index in [1.807, 2.05) is 24.9 Å². The molecule has 1 aromatic carbocycles. The van der Waals surface area contributed by atoms with Crippen molar-refractivity contribution in [2.75, 3.05) is 5.01 Å². The average molecular weight is 334 g/mol. The van der Waals surface area contributed by atoms with Crippen molar-refractivity contribution in [2.45, 2.75) is 46.1 Å². The van der Waals surface area contributed by atoms with Crippen LogP contribution in [-0.4, -0.2) is 15.8 Å². The van der Waals surface area contributed by atoms with E-state index in [-0.39, 0.29) is 11.8 Å². The maximum atomic E-state index is 12.7. The smallest absolute Gasteiger partial charge is 0.245 e. The molecule has 0 fully saturated rings. The quantitative estimate of drug-likeness (QED) is 0.911. The first kappa shape index (κ1) is 15.8. The van der Waals surface area contributed by atoms with Crippen LogP contribution < -0.4 is 10.4 Å². The molecule has 1 N–H and O–H groups in total. The number of benzene rings is 1. The summed E-state index contributed by atoms with van der Waals surface area (Å²) in [5, 5.41) is 1.96. The van der Waals surface area contributed by atoms with Crippen molar-refractivity contribution in [1.29, 1.82) is 0 Å². The van der Waals surface area contributed by atoms with Gasteiger partial charge < -0.3 is 0 Å². The molecule has 25 heavy (non-hydrogen) atoms. The highest BCUT2D eigenvalue weighted by molar-refractivity contribution is 5.99. The van der Waals surface area contributed by atoms with Crippen LogP contribution in [0.2, 0.25) is 0 Å². The molecule has 0 spiro atoms. The second-order valence-corrected chi connectivity index (χ2v) is 6.91. The predicted octanol–water partition coefficient (Wildman–Crippen LogP) is 3.47. The van der Waals surface area contributed by atoms with E-state index in [4.69, 9.17) is 0 Å². The Kier molecular flexibility index (Phi) is 3.79. The number of nitrogens with zero attached hydrogens (tertiary/aromatic N) is 3. The van der Waals surface area contributed by atoms with Crippen molar-refractivity contribution in [2.24, 2.45) is 0 Å². The largest absolute Gasteiger partial charge is 0.299 e. The lowest BCUT2D eigenvalue weighted by Crippen LogP contribution is -2.36. The van der Waals surface area contributed by atoms with Crippen LogP contribution in [0.1, 0.15) is 47.8 Å². The normalized spacial score (nSPS) is 19.9. The number of rotatable bonds is 2. The van der Waals surface area contributed by atoms with E-state index in [9.17, 15) is 4.79 Å². The molecule has 0 saturated heterocycles. The van der Waals surface area contributed by atoms with E-state index in [0.717, 1.165) is 41.1 Å². The number of anilines is 1. The third-order valence-corrected chi connectivity index (χ3v) is 4.82. The zero-order chi connectivity index (χ0) is 17.6. The van der Waals surface area contributed by atoms with Gasteiger partial charge in [0, 0.05) is 29.1 Å². The number of aryl methyl sites for hydroxylation is 3. The summed E-state index contributed by atoms with van der Waals surface area (Å²) in [6.45, 7) is 6.00. The second-order valence-electron chi connectivity index (χ2n) is 6.91. The minimum Gasteiger partial charge on any atom is -0.299 e. The number of hydrogen-bond acceptors (Lipinski definition) is 5. The van der Waals surface area contributed by atoms with E-state index >= 15 is 0 Å². The molecule has 1 atom stereocenters. The Hall–Kier alpha value is -2.69. The third-order valence-electron chi connectivity index (χ3n) is 4.82. The van der Waals surface area contributed by atoms with Gasteiger partial charge in [-0.3, -0.25) is 10.2 Å². The lowest BCUT2D eigenvalue weighted by Gasteiger charge is -2.27. The number of aromatic nitrogens is 2. The number of carbonyl (C=O) groups is 1. The summed E-state index contributed by atoms with van der Waals surface area (Å²) in [4.78, 5) is 21.9. The van der Waals surface area contributed by atoms with Gasteiger partial charge in [-0.05, 0) is 45.2 Å². The Morgan fingerprint density at radius 3 is 2.40 bits per heavy atom. The number of Topliss-reactive ketones (excluding diaryl/α,β-unsaturated/α-hetero) is 1. The zero-order valence-corrected chi connectivity index (χ0v) is 14.8. The Balaban J connectivity index is 1.83. The molecule has 0 unspecified atom stereocenters. The minimum absolute atomic E-state index is 0.176. The van der Waals surface area contributed by atoms with Crippen molar-refractivity contribution in [3.05, 3.63) is 64.1 Å². The third kappa shape index (κ3) is 2.80. The minimum atomic E-state index is -0.176. The summed E-state index contributed by atoms with van der Waals surface area (Å²) in [6.07, 6.45) is 2.40. The molecule has 0 saturated carbocycles. The molecule has 1 aliphatic heterocycles. The molecule has 0 bridgehead atoms. The fourth-order valence-electron chi connectivity index (χ4n) is 3.68. The molecular weight excluding hydrogens is 312 g/mol. The molecule has 5 heteroatoms. The molecule has 5 nitrogen and oxygen atoms in total. The Morgan fingerprint density at radius 1 is 1.04 bits per heavy atom. The summed E-state index contributed by atoms with van der Waals surface area (Å²) in [5.74, 6) is 0.844. The van der Waals surface area contributed by atoms with Crippen molar-refractivity contribution in [3.63, 3.8) is 0 Å². The second kappa shape index (κ2) is 5.99. The van der Waals surface area contributed by atoms with Gasteiger partial charge in [-0.25, -0.2) is 15.0 Å². The predicted molar refractivity (Wildman–Crippen MR) is 96.9 cm³/mol. The Morgan fingerprint density at radius 2 is 1.72 bits per heavy atom. The molecule has 0 amide bonds. The summed E-state index contributed by atoms with van der Waals surface area (Å²) in [7, 11) is 0. The summed E-state index contributed by atoms with van der Waals surface area (Å²) in [6, 6.07) is 10.1. The Bertz CT molecular complexity index is 850. The van der Waals surface area contributed by atoms with E-state index in [1.54, 1.807) is 0 Å². The Labute approximate surface area is 147 Å². The van der Waals surface area contributed by atoms with Crippen LogP contribution in [0, 0.1) is 20.8 Å². The maximum Gasteiger partial charge on any atom is 0.245 e. The molecule has 2 heterocycles. The highest BCUT2D eigenvalue weighted by Gasteiger charge is 2.40. The van der Waals surface area contributed by atoms with Crippen molar-refractivity contribution < 1.29 is 4.79 Å². The van der Waals surface area contributed by atoms with Gasteiger partial charge in [0.1, 0.15) is 6.04 Å². The van der Waals surface area contributed by atoms with Crippen LogP contribution in [0.4, 0.5) is 5.95 Å². The van der Waals surface area contributed by atoms with E-state index in [1.165, 1.54) is 5.56 Å². The number of allylic oxidation sites excluding steroid dienone is 1. The van der Waals surface area contributed by atoms with Crippen molar-refractivity contribution in [3.8, 4) is 0 Å². The van der Waals surface area contributed by atoms with Crippen LogP contribution in [0.5, 0.6) is 0 Å². The van der Waals surface area contributed by atoms with Crippen LogP contribution in [-0.2, 0) is 4.79 Å². The summed E-state index contributed by atoms with van der Waals surface area (Å²) < 4.78 is 0. The van der Waals surface area contributed by atoms with Gasteiger partial charge in [0.25, 0.3) is 0 Å². The first-order chi connectivity index (χ1) is 12.0. The SMILES string of the molecule is Cc1ccc([C@H]2C3=C(CCCC3=O)NN2c2nc(C)cc(C)n2)cc1. The van der Waals surface area contributed by atoms with Crippen molar-refractivity contribution in [1.82, 2.24) is 15.4 Å². The highest BCUT2D eigenvalue weighted by atomic mass is 16.1. The first-order valence-corrected chi connectivity index (χ1v) is 8.74. The fourth-order valence-corrected chi connectivity index (χ4v) is 3.68. The van der Waals surface area contributed by atoms with Gasteiger partial charge in [-0.15, -0.1) is 0 Å². The summed E-state index contributed by atoms with van der Waals surface area (Å²) >= 11 is 0. The molecule has 0 radical (unpaired) electrons. The number of nitrogens with one attached hydrogen (secondary N) is 1. The number of hydrazine groups is 1. The maximum absolute atomic E-state index is 12.7. The lowest BCUT2D eigenvalue weighted by molar-refractivity contribution is -0.116. The van der Waals surface area contributed by atoms with Crippen LogP contribution >= 0.6 is 0 Å². The average Bonchev–Trinajstić information content (AvgIpc) is 2.96. The topological polar surface area (TPSA) is 58.1 Å². The van der Waals surface area contributed by atoms with Gasteiger partial charge in [0.15, 0.2) is 5.78 Å². The van der Waals surface area contributed by atoms with Gasteiger partial charge in [0.2, 0.25) is 5.95 Å². The van der Waals surface area contributed by atoms with Crippen LogP contribution in [0.3, 0.4) is 0 Å². The molecule has 128 valence electrons. The molecular formula is C20H22N4O. The van der Waals surface area contributed by atoms with Gasteiger partial charge in [-0.1, -0.05) is 29.8 Å². The molecule has 2 aromatic rings. The number of ketones is 1. The van der Waals surface area contributed by atoms with Gasteiger partial charge in [-0.2, -0.15) is 0 Å². The van der Waals surface area contributed by atoms with E-state index in [0.29, 0.717) is 12.4 Å². The monoisotopic (exact) mass is 334 g/mol. The number of carbonyl (C=O) groups excluding carboxylic acids is 1. The lowest BCUT2D eigenvalue weighted by atomic mass is 9.88. The number of hydrogen-bond donors (Lipinski definition) is 1. The standard InChI is InChI=1S/C20H22N4O/c1-12-7-9-15(10-8-12)19-18-16(5-4-6-17(18)25)23-24(19)20-21-13(2)11-14(3)22-20/h7-11,19,23H,4-6H2,1-3H3/t19-/m0/s1. The zero-order valence-electron chi connectivity index (χ0n) is 14.8. The fraction of sp³-hybridized carbons (Fsp3) is 0.350. The van der Waals surface area contributed by atoms with E-state index in [2.05, 4.69) is 46.6 Å². The highest BCUT2D eigenvalue weighted by Crippen LogP contribution is 2.41. The van der Waals surface area contributed by atoms with Crippen LogP contribution in [0.25, 0.3) is 0 Å².